The molecule has 0 spiro atoms. The van der Waals surface area contributed by atoms with E-state index < -0.39 is 0 Å². The van der Waals surface area contributed by atoms with Crippen LogP contribution < -0.4 is 4.74 Å². The number of ether oxygens (including phenoxy) is 1. The zero-order chi connectivity index (χ0) is 18.5. The van der Waals surface area contributed by atoms with Crippen LogP contribution in [0.15, 0.2) is 67.0 Å². The van der Waals surface area contributed by atoms with Crippen LogP contribution in [-0.2, 0) is 6.42 Å². The zero-order valence-corrected chi connectivity index (χ0v) is 15.6. The summed E-state index contributed by atoms with van der Waals surface area (Å²) in [7, 11) is 3.35. The lowest BCUT2D eigenvalue weighted by Crippen LogP contribution is -2.29. The van der Waals surface area contributed by atoms with Crippen LogP contribution in [0, 0.1) is 0 Å². The normalized spacial score (nSPS) is 10.6. The molecule has 3 aromatic rings. The van der Waals surface area contributed by atoms with E-state index in [4.69, 9.17) is 16.3 Å². The molecule has 0 saturated heterocycles. The van der Waals surface area contributed by atoms with Gasteiger partial charge in [-0.25, -0.2) is 0 Å². The first-order valence-electron chi connectivity index (χ1n) is 8.40. The van der Waals surface area contributed by atoms with Crippen molar-refractivity contribution < 1.29 is 9.53 Å². The molecule has 1 aromatic heterocycles. The lowest BCUT2D eigenvalue weighted by atomic mass is 10.1. The Labute approximate surface area is 158 Å². The maximum absolute atomic E-state index is 12.9. The average molecular weight is 369 g/mol. The molecule has 5 heteroatoms. The number of rotatable bonds is 6. The lowest BCUT2D eigenvalue weighted by Gasteiger charge is -2.20. The fourth-order valence-electron chi connectivity index (χ4n) is 2.82. The summed E-state index contributed by atoms with van der Waals surface area (Å²) < 4.78 is 7.34. The Bertz CT molecular complexity index is 877. The summed E-state index contributed by atoms with van der Waals surface area (Å²) in [5.41, 5.74) is 2.43. The van der Waals surface area contributed by atoms with Gasteiger partial charge in [-0.05, 0) is 30.2 Å². The second-order valence-corrected chi connectivity index (χ2v) is 6.46. The number of methoxy groups -OCH3 is 1. The van der Waals surface area contributed by atoms with E-state index in [2.05, 4.69) is 12.1 Å². The zero-order valence-electron chi connectivity index (χ0n) is 14.9. The van der Waals surface area contributed by atoms with Gasteiger partial charge in [0.25, 0.3) is 5.91 Å². The van der Waals surface area contributed by atoms with Crippen molar-refractivity contribution >= 4 is 17.5 Å². The number of halogens is 1. The van der Waals surface area contributed by atoms with Crippen LogP contribution in [0.2, 0.25) is 5.02 Å². The first kappa shape index (κ1) is 18.1. The number of aromatic nitrogens is 1. The minimum atomic E-state index is -0.112. The van der Waals surface area contributed by atoms with Gasteiger partial charge in [0.15, 0.2) is 0 Å². The van der Waals surface area contributed by atoms with Crippen molar-refractivity contribution in [2.24, 2.45) is 0 Å². The highest BCUT2D eigenvalue weighted by atomic mass is 35.5. The third kappa shape index (κ3) is 3.92. The van der Waals surface area contributed by atoms with Crippen molar-refractivity contribution in [1.82, 2.24) is 9.47 Å². The van der Waals surface area contributed by atoms with Crippen molar-refractivity contribution in [2.75, 3.05) is 20.7 Å². The molecule has 1 amide bonds. The highest BCUT2D eigenvalue weighted by Gasteiger charge is 2.19. The maximum atomic E-state index is 12.9. The summed E-state index contributed by atoms with van der Waals surface area (Å²) in [5.74, 6) is 0.397. The number of benzene rings is 2. The fourth-order valence-corrected chi connectivity index (χ4v) is 3.08. The first-order valence-corrected chi connectivity index (χ1v) is 8.78. The number of hydrogen-bond donors (Lipinski definition) is 0. The van der Waals surface area contributed by atoms with Gasteiger partial charge in [-0.3, -0.25) is 4.79 Å². The summed E-state index contributed by atoms with van der Waals surface area (Å²) >= 11 is 6.42. The minimum Gasteiger partial charge on any atom is -0.496 e. The van der Waals surface area contributed by atoms with Crippen molar-refractivity contribution in [3.8, 4) is 11.4 Å². The predicted molar refractivity (Wildman–Crippen MR) is 104 cm³/mol. The molecule has 134 valence electrons. The van der Waals surface area contributed by atoms with Crippen LogP contribution in [0.25, 0.3) is 5.69 Å². The Morgan fingerprint density at radius 3 is 2.46 bits per heavy atom. The van der Waals surface area contributed by atoms with Gasteiger partial charge < -0.3 is 14.2 Å². The summed E-state index contributed by atoms with van der Waals surface area (Å²) in [6, 6.07) is 17.4. The van der Waals surface area contributed by atoms with E-state index in [0.29, 0.717) is 22.9 Å². The molecule has 0 fully saturated rings. The number of hydrogen-bond acceptors (Lipinski definition) is 2. The van der Waals surface area contributed by atoms with E-state index in [9.17, 15) is 4.79 Å². The molecule has 4 nitrogen and oxygen atoms in total. The molecule has 0 aliphatic carbocycles. The van der Waals surface area contributed by atoms with Gasteiger partial charge in [0.2, 0.25) is 0 Å². The first-order chi connectivity index (χ1) is 12.6. The molecular weight excluding hydrogens is 348 g/mol. The molecule has 0 atom stereocenters. The fraction of sp³-hybridized carbons (Fsp3) is 0.190. The van der Waals surface area contributed by atoms with E-state index in [1.807, 2.05) is 47.3 Å². The summed E-state index contributed by atoms with van der Waals surface area (Å²) in [6.45, 7) is 0.614. The van der Waals surface area contributed by atoms with E-state index in [1.165, 1.54) is 5.56 Å². The highest BCUT2D eigenvalue weighted by Crippen LogP contribution is 2.30. The van der Waals surface area contributed by atoms with Crippen molar-refractivity contribution in [2.45, 2.75) is 6.42 Å². The van der Waals surface area contributed by atoms with Crippen molar-refractivity contribution in [3.05, 3.63) is 83.1 Å². The lowest BCUT2D eigenvalue weighted by molar-refractivity contribution is 0.0793. The highest BCUT2D eigenvalue weighted by molar-refractivity contribution is 6.33. The summed E-state index contributed by atoms with van der Waals surface area (Å²) in [4.78, 5) is 14.6. The molecule has 1 heterocycles. The van der Waals surface area contributed by atoms with E-state index in [-0.39, 0.29) is 5.91 Å². The molecule has 0 N–H and O–H groups in total. The molecule has 26 heavy (non-hydrogen) atoms. The smallest absolute Gasteiger partial charge is 0.257 e. The van der Waals surface area contributed by atoms with Crippen LogP contribution in [0.1, 0.15) is 15.9 Å². The van der Waals surface area contributed by atoms with Crippen molar-refractivity contribution in [1.29, 1.82) is 0 Å². The standard InChI is InChI=1S/C21H21ClN2O2/c1-23(13-10-16-8-4-3-5-9-16)21(25)17-14-18(22)19(15-20(17)26-2)24-11-6-7-12-24/h3-9,11-12,14-15H,10,13H2,1-2H3. The second kappa shape index (κ2) is 8.11. The van der Waals surface area contributed by atoms with Crippen molar-refractivity contribution in [3.63, 3.8) is 0 Å². The van der Waals surface area contributed by atoms with Crippen LogP contribution in [-0.4, -0.2) is 36.1 Å². The van der Waals surface area contributed by atoms with E-state index in [1.54, 1.807) is 31.2 Å². The van der Waals surface area contributed by atoms with E-state index >= 15 is 0 Å². The number of likely N-dealkylation sites (N-methyl/N-ethyl adjacent to an activating group) is 1. The molecule has 0 radical (unpaired) electrons. The monoisotopic (exact) mass is 368 g/mol. The van der Waals surface area contributed by atoms with Crippen LogP contribution in [0.5, 0.6) is 5.75 Å². The molecule has 2 aromatic carbocycles. The Morgan fingerprint density at radius 1 is 1.12 bits per heavy atom. The largest absolute Gasteiger partial charge is 0.496 e. The number of carbonyl (C=O) groups is 1. The third-order valence-electron chi connectivity index (χ3n) is 4.31. The SMILES string of the molecule is COc1cc(-n2cccc2)c(Cl)cc1C(=O)N(C)CCc1ccccc1. The Balaban J connectivity index is 1.81. The van der Waals surface area contributed by atoms with Gasteiger partial charge in [0.1, 0.15) is 5.75 Å². The maximum Gasteiger partial charge on any atom is 0.257 e. The van der Waals surface area contributed by atoms with E-state index in [0.717, 1.165) is 12.1 Å². The van der Waals surface area contributed by atoms with Gasteiger partial charge in [-0.15, -0.1) is 0 Å². The van der Waals surface area contributed by atoms with Gasteiger partial charge in [-0.2, -0.15) is 0 Å². The predicted octanol–water partition coefficient (Wildman–Crippen LogP) is 4.45. The Kier molecular flexibility index (Phi) is 5.64. The second-order valence-electron chi connectivity index (χ2n) is 6.06. The summed E-state index contributed by atoms with van der Waals surface area (Å²) in [6.07, 6.45) is 4.59. The molecule has 3 rings (SSSR count). The number of nitrogens with zero attached hydrogens (tertiary/aromatic N) is 2. The third-order valence-corrected chi connectivity index (χ3v) is 4.61. The van der Waals surface area contributed by atoms with Crippen LogP contribution in [0.4, 0.5) is 0 Å². The quantitative estimate of drug-likeness (QED) is 0.644. The number of carbonyl (C=O) groups excluding carboxylic acids is 1. The number of amides is 1. The topological polar surface area (TPSA) is 34.5 Å². The molecule has 0 saturated carbocycles. The summed E-state index contributed by atoms with van der Waals surface area (Å²) in [5, 5.41) is 0.502. The molecular formula is C21H21ClN2O2. The minimum absolute atomic E-state index is 0.112. The van der Waals surface area contributed by atoms with Gasteiger partial charge in [-0.1, -0.05) is 41.9 Å². The van der Waals surface area contributed by atoms with Crippen LogP contribution >= 0.6 is 11.6 Å². The molecule has 0 aliphatic heterocycles. The molecule has 0 bridgehead atoms. The molecule has 0 aliphatic rings. The van der Waals surface area contributed by atoms with Gasteiger partial charge in [0, 0.05) is 32.1 Å². The van der Waals surface area contributed by atoms with Gasteiger partial charge >= 0.3 is 0 Å². The average Bonchev–Trinajstić information content (AvgIpc) is 3.20. The Hall–Kier alpha value is -2.72. The van der Waals surface area contributed by atoms with Gasteiger partial charge in [0.05, 0.1) is 23.4 Å². The Morgan fingerprint density at radius 2 is 1.81 bits per heavy atom. The van der Waals surface area contributed by atoms with Crippen LogP contribution in [0.3, 0.4) is 0 Å². The molecule has 0 unspecified atom stereocenters.